The minimum Gasteiger partial charge on any atom is -0.371 e. The van der Waals surface area contributed by atoms with Gasteiger partial charge in [-0.15, -0.1) is 11.3 Å². The molecule has 0 radical (unpaired) electrons. The summed E-state index contributed by atoms with van der Waals surface area (Å²) in [6.45, 7) is 2.61. The van der Waals surface area contributed by atoms with Gasteiger partial charge in [-0.3, -0.25) is 14.0 Å². The maximum absolute atomic E-state index is 12.9. The van der Waals surface area contributed by atoms with Gasteiger partial charge in [0.15, 0.2) is 4.96 Å². The first-order chi connectivity index (χ1) is 12.6. The van der Waals surface area contributed by atoms with Crippen LogP contribution in [0.5, 0.6) is 0 Å². The van der Waals surface area contributed by atoms with E-state index >= 15 is 0 Å². The fourth-order valence-electron chi connectivity index (χ4n) is 3.53. The Labute approximate surface area is 155 Å². The quantitative estimate of drug-likeness (QED) is 0.709. The number of carbonyl (C=O) groups excluding carboxylic acids is 1. The molecule has 7 heteroatoms. The summed E-state index contributed by atoms with van der Waals surface area (Å²) in [5, 5.41) is 1.83. The number of anilines is 1. The van der Waals surface area contributed by atoms with Gasteiger partial charge in [0.25, 0.3) is 11.5 Å². The highest BCUT2D eigenvalue weighted by Crippen LogP contribution is 2.24. The Morgan fingerprint density at radius 1 is 1.35 bits per heavy atom. The topological polar surface area (TPSA) is 57.9 Å². The zero-order valence-electron chi connectivity index (χ0n) is 14.5. The summed E-state index contributed by atoms with van der Waals surface area (Å²) < 4.78 is 1.69. The van der Waals surface area contributed by atoms with Crippen LogP contribution in [0, 0.1) is 5.92 Å². The van der Waals surface area contributed by atoms with Gasteiger partial charge in [0.05, 0.1) is 0 Å². The summed E-state index contributed by atoms with van der Waals surface area (Å²) in [6, 6.07) is 11.7. The van der Waals surface area contributed by atoms with Gasteiger partial charge in [-0.25, -0.2) is 0 Å². The van der Waals surface area contributed by atoms with Crippen molar-refractivity contribution >= 4 is 27.9 Å². The van der Waals surface area contributed by atoms with Gasteiger partial charge in [0, 0.05) is 50.0 Å². The smallest absolute Gasteiger partial charge is 0.274 e. The van der Waals surface area contributed by atoms with E-state index in [0.717, 1.165) is 19.5 Å². The molecule has 1 atom stereocenters. The first kappa shape index (κ1) is 16.8. The van der Waals surface area contributed by atoms with Gasteiger partial charge < -0.3 is 9.80 Å². The number of aromatic nitrogens is 2. The zero-order chi connectivity index (χ0) is 18.1. The lowest BCUT2D eigenvalue weighted by Crippen LogP contribution is -2.34. The lowest BCUT2D eigenvalue weighted by atomic mass is 10.1. The molecule has 0 aliphatic carbocycles. The highest BCUT2D eigenvalue weighted by molar-refractivity contribution is 7.15. The summed E-state index contributed by atoms with van der Waals surface area (Å²) in [5.74, 6) is 0.275. The molecule has 0 spiro atoms. The van der Waals surface area contributed by atoms with Crippen LogP contribution in [0.2, 0.25) is 0 Å². The van der Waals surface area contributed by atoms with Crippen LogP contribution < -0.4 is 10.5 Å². The number of benzene rings is 1. The van der Waals surface area contributed by atoms with Gasteiger partial charge in [0.1, 0.15) is 5.69 Å². The molecule has 26 heavy (non-hydrogen) atoms. The second kappa shape index (κ2) is 6.92. The number of amides is 1. The second-order valence-electron chi connectivity index (χ2n) is 6.66. The fourth-order valence-corrected chi connectivity index (χ4v) is 4.25. The number of carbonyl (C=O) groups is 1. The predicted octanol–water partition coefficient (Wildman–Crippen LogP) is 2.35. The third-order valence-electron chi connectivity index (χ3n) is 4.82. The first-order valence-electron chi connectivity index (χ1n) is 8.64. The molecule has 1 aliphatic rings. The molecule has 0 N–H and O–H groups in total. The van der Waals surface area contributed by atoms with E-state index in [1.165, 1.54) is 23.1 Å². The van der Waals surface area contributed by atoms with Crippen molar-refractivity contribution in [1.82, 2.24) is 14.3 Å². The summed E-state index contributed by atoms with van der Waals surface area (Å²) in [6.07, 6.45) is 2.83. The van der Waals surface area contributed by atoms with Gasteiger partial charge in [-0.1, -0.05) is 18.2 Å². The Hall–Kier alpha value is -2.67. The number of hydrogen-bond acceptors (Lipinski definition) is 5. The third kappa shape index (κ3) is 3.22. The molecule has 1 amide bonds. The van der Waals surface area contributed by atoms with Crippen LogP contribution in [0.15, 0.2) is 52.8 Å². The van der Waals surface area contributed by atoms with E-state index in [1.54, 1.807) is 22.5 Å². The third-order valence-corrected chi connectivity index (χ3v) is 5.58. The highest BCUT2D eigenvalue weighted by atomic mass is 32.1. The average molecular weight is 368 g/mol. The molecule has 0 unspecified atom stereocenters. The molecule has 134 valence electrons. The SMILES string of the molecule is CN(C[C@@H]1CCN(c2ccccc2)C1)C(=O)c1cc(=O)nc2sccn12. The molecule has 1 aromatic carbocycles. The van der Waals surface area contributed by atoms with Gasteiger partial charge in [0.2, 0.25) is 0 Å². The van der Waals surface area contributed by atoms with Crippen molar-refractivity contribution in [3.63, 3.8) is 0 Å². The number of rotatable bonds is 4. The largest absolute Gasteiger partial charge is 0.371 e. The van der Waals surface area contributed by atoms with Crippen molar-refractivity contribution < 1.29 is 4.79 Å². The van der Waals surface area contributed by atoms with E-state index in [1.807, 2.05) is 23.6 Å². The normalized spacial score (nSPS) is 17.0. The number of thiazole rings is 1. The van der Waals surface area contributed by atoms with Gasteiger partial charge >= 0.3 is 0 Å². The Morgan fingerprint density at radius 3 is 2.96 bits per heavy atom. The van der Waals surface area contributed by atoms with Crippen molar-refractivity contribution in [3.05, 3.63) is 64.0 Å². The maximum Gasteiger partial charge on any atom is 0.274 e. The van der Waals surface area contributed by atoms with E-state index in [2.05, 4.69) is 22.0 Å². The average Bonchev–Trinajstić information content (AvgIpc) is 3.30. The summed E-state index contributed by atoms with van der Waals surface area (Å²) in [4.78, 5) is 33.2. The molecule has 1 fully saturated rings. The minimum absolute atomic E-state index is 0.143. The van der Waals surface area contributed by atoms with Crippen LogP contribution >= 0.6 is 11.3 Å². The van der Waals surface area contributed by atoms with Crippen molar-refractivity contribution in [2.75, 3.05) is 31.6 Å². The maximum atomic E-state index is 12.9. The number of fused-ring (bicyclic) bond motifs is 1. The molecule has 2 aromatic heterocycles. The van der Waals surface area contributed by atoms with Crippen LogP contribution in [-0.2, 0) is 0 Å². The van der Waals surface area contributed by atoms with E-state index < -0.39 is 0 Å². The van der Waals surface area contributed by atoms with Crippen LogP contribution in [0.1, 0.15) is 16.9 Å². The van der Waals surface area contributed by atoms with Crippen molar-refractivity contribution in [1.29, 1.82) is 0 Å². The van der Waals surface area contributed by atoms with Crippen LogP contribution in [0.3, 0.4) is 0 Å². The molecule has 4 rings (SSSR count). The lowest BCUT2D eigenvalue weighted by Gasteiger charge is -2.23. The standard InChI is InChI=1S/C19H20N4O2S/c1-21(12-14-7-8-22(13-14)15-5-3-2-4-6-15)18(25)16-11-17(24)20-19-23(16)9-10-26-19/h2-6,9-11,14H,7-8,12-13H2,1H3/t14-/m0/s1. The summed E-state index contributed by atoms with van der Waals surface area (Å²) >= 11 is 1.35. The molecule has 3 heterocycles. The van der Waals surface area contributed by atoms with Crippen molar-refractivity contribution in [3.8, 4) is 0 Å². The molecule has 1 saturated heterocycles. The minimum atomic E-state index is -0.375. The monoisotopic (exact) mass is 368 g/mol. The summed E-state index contributed by atoms with van der Waals surface area (Å²) in [5.41, 5.74) is 1.23. The van der Waals surface area contributed by atoms with Crippen LogP contribution in [0.25, 0.3) is 4.96 Å². The lowest BCUT2D eigenvalue weighted by molar-refractivity contribution is 0.0769. The number of para-hydroxylation sites is 1. The second-order valence-corrected chi connectivity index (χ2v) is 7.53. The Bertz CT molecular complexity index is 982. The Morgan fingerprint density at radius 2 is 2.15 bits per heavy atom. The van der Waals surface area contributed by atoms with Gasteiger partial charge in [-0.2, -0.15) is 4.98 Å². The Kier molecular flexibility index (Phi) is 4.46. The van der Waals surface area contributed by atoms with E-state index in [-0.39, 0.29) is 11.5 Å². The molecular weight excluding hydrogens is 348 g/mol. The number of nitrogens with zero attached hydrogens (tertiary/aromatic N) is 4. The molecule has 0 bridgehead atoms. The Balaban J connectivity index is 1.46. The molecule has 0 saturated carbocycles. The van der Waals surface area contributed by atoms with E-state index in [9.17, 15) is 9.59 Å². The molecule has 3 aromatic rings. The summed E-state index contributed by atoms with van der Waals surface area (Å²) in [7, 11) is 1.80. The highest BCUT2D eigenvalue weighted by Gasteiger charge is 2.26. The molecule has 6 nitrogen and oxygen atoms in total. The molecular formula is C19H20N4O2S. The zero-order valence-corrected chi connectivity index (χ0v) is 15.4. The van der Waals surface area contributed by atoms with E-state index in [0.29, 0.717) is 23.1 Å². The number of hydrogen-bond donors (Lipinski definition) is 0. The van der Waals surface area contributed by atoms with Crippen LogP contribution in [-0.4, -0.2) is 46.9 Å². The predicted molar refractivity (Wildman–Crippen MR) is 103 cm³/mol. The van der Waals surface area contributed by atoms with Crippen molar-refractivity contribution in [2.45, 2.75) is 6.42 Å². The fraction of sp³-hybridized carbons (Fsp3) is 0.316. The van der Waals surface area contributed by atoms with Crippen LogP contribution in [0.4, 0.5) is 5.69 Å². The molecule has 1 aliphatic heterocycles. The van der Waals surface area contributed by atoms with Gasteiger partial charge in [-0.05, 0) is 24.5 Å². The first-order valence-corrected chi connectivity index (χ1v) is 9.52. The van der Waals surface area contributed by atoms with Crippen molar-refractivity contribution in [2.24, 2.45) is 5.92 Å². The van der Waals surface area contributed by atoms with E-state index in [4.69, 9.17) is 0 Å².